The molecule has 0 saturated heterocycles. The minimum atomic E-state index is 0.228. The van der Waals surface area contributed by atoms with Gasteiger partial charge in [-0.15, -0.1) is 16.7 Å². The van der Waals surface area contributed by atoms with Gasteiger partial charge < -0.3 is 14.2 Å². The molecule has 0 bridgehead atoms. The van der Waals surface area contributed by atoms with E-state index in [0.29, 0.717) is 11.4 Å². The largest absolute Gasteiger partial charge is 0.497 e. The second kappa shape index (κ2) is 6.05. The van der Waals surface area contributed by atoms with Crippen LogP contribution in [0.25, 0.3) is 16.9 Å². The fraction of sp³-hybridized carbons (Fsp3) is 0.176. The molecular formula is C17H14ClN3O3. The number of nitrogens with zero attached hydrogens (tertiary/aromatic N) is 3. The molecule has 0 unspecified atom stereocenters. The number of rotatable bonds is 4. The first-order valence-corrected chi connectivity index (χ1v) is 7.88. The number of hydrogen-bond donors (Lipinski definition) is 0. The fourth-order valence-electron chi connectivity index (χ4n) is 2.66. The summed E-state index contributed by atoms with van der Waals surface area (Å²) in [5.41, 5.74) is 3.26. The molecule has 24 heavy (non-hydrogen) atoms. The summed E-state index contributed by atoms with van der Waals surface area (Å²) in [6.45, 7) is 0.228. The summed E-state index contributed by atoms with van der Waals surface area (Å²) < 4.78 is 17.9. The number of ether oxygens (including phenoxy) is 3. The molecule has 1 aliphatic heterocycles. The summed E-state index contributed by atoms with van der Waals surface area (Å²) in [7, 11) is 1.63. The predicted molar refractivity (Wildman–Crippen MR) is 89.0 cm³/mol. The summed E-state index contributed by atoms with van der Waals surface area (Å²) in [6.07, 6.45) is 0. The lowest BCUT2D eigenvalue weighted by atomic mass is 10.1. The molecule has 4 rings (SSSR count). The van der Waals surface area contributed by atoms with Gasteiger partial charge in [-0.05, 0) is 24.3 Å². The van der Waals surface area contributed by atoms with Crippen molar-refractivity contribution >= 4 is 11.6 Å². The monoisotopic (exact) mass is 343 g/mol. The van der Waals surface area contributed by atoms with Gasteiger partial charge in [-0.2, -0.15) is 0 Å². The summed E-state index contributed by atoms with van der Waals surface area (Å²) in [5, 5.41) is 8.46. The predicted octanol–water partition coefficient (Wildman–Crippen LogP) is 3.41. The van der Waals surface area contributed by atoms with Gasteiger partial charge in [0.25, 0.3) is 0 Å². The van der Waals surface area contributed by atoms with E-state index in [4.69, 9.17) is 25.8 Å². The van der Waals surface area contributed by atoms with Crippen molar-refractivity contribution in [2.24, 2.45) is 0 Å². The number of benzene rings is 2. The summed E-state index contributed by atoms with van der Waals surface area (Å²) in [4.78, 5) is 0. The lowest BCUT2D eigenvalue weighted by Gasteiger charge is -2.09. The average Bonchev–Trinajstić information content (AvgIpc) is 3.27. The second-order valence-corrected chi connectivity index (χ2v) is 5.47. The highest BCUT2D eigenvalue weighted by atomic mass is 35.5. The minimum absolute atomic E-state index is 0.228. The molecule has 122 valence electrons. The summed E-state index contributed by atoms with van der Waals surface area (Å²) in [6, 6.07) is 13.3. The Morgan fingerprint density at radius 2 is 2.04 bits per heavy atom. The van der Waals surface area contributed by atoms with E-state index in [2.05, 4.69) is 10.3 Å². The molecule has 0 radical (unpaired) electrons. The highest BCUT2D eigenvalue weighted by Gasteiger charge is 2.19. The molecule has 0 N–H and O–H groups in total. The zero-order chi connectivity index (χ0) is 16.5. The Morgan fingerprint density at radius 3 is 2.88 bits per heavy atom. The van der Waals surface area contributed by atoms with Gasteiger partial charge in [0.1, 0.15) is 11.4 Å². The third-order valence-electron chi connectivity index (χ3n) is 3.81. The fourth-order valence-corrected chi connectivity index (χ4v) is 2.84. The van der Waals surface area contributed by atoms with Gasteiger partial charge in [0.2, 0.25) is 6.79 Å². The van der Waals surface area contributed by atoms with Crippen LogP contribution in [0.5, 0.6) is 17.2 Å². The highest BCUT2D eigenvalue weighted by molar-refractivity contribution is 6.17. The molecule has 2 aromatic carbocycles. The first-order chi connectivity index (χ1) is 11.8. The van der Waals surface area contributed by atoms with E-state index < -0.39 is 0 Å². The van der Waals surface area contributed by atoms with E-state index in [1.807, 2.05) is 42.5 Å². The van der Waals surface area contributed by atoms with Gasteiger partial charge in [-0.25, -0.2) is 4.68 Å². The van der Waals surface area contributed by atoms with E-state index in [-0.39, 0.29) is 12.7 Å². The number of aromatic nitrogens is 3. The third-order valence-corrected chi connectivity index (χ3v) is 4.06. The molecule has 0 fully saturated rings. The molecule has 0 amide bonds. The minimum Gasteiger partial charge on any atom is -0.497 e. The SMILES string of the molecule is COc1cccc(-c2c(CCl)nnn2-c2ccc3c(c2)OCO3)c1. The number of hydrogen-bond acceptors (Lipinski definition) is 5. The third kappa shape index (κ3) is 2.45. The molecule has 0 aliphatic carbocycles. The molecule has 0 atom stereocenters. The van der Waals surface area contributed by atoms with Crippen LogP contribution in [0.4, 0.5) is 0 Å². The Balaban J connectivity index is 1.86. The van der Waals surface area contributed by atoms with E-state index in [1.54, 1.807) is 11.8 Å². The van der Waals surface area contributed by atoms with Gasteiger partial charge in [0.15, 0.2) is 11.5 Å². The van der Waals surface area contributed by atoms with Gasteiger partial charge in [-0.1, -0.05) is 17.3 Å². The van der Waals surface area contributed by atoms with Crippen LogP contribution >= 0.6 is 11.6 Å². The zero-order valence-electron chi connectivity index (χ0n) is 12.9. The van der Waals surface area contributed by atoms with Crippen LogP contribution in [0.3, 0.4) is 0 Å². The van der Waals surface area contributed by atoms with Crippen molar-refractivity contribution in [3.8, 4) is 34.2 Å². The quantitative estimate of drug-likeness (QED) is 0.679. The van der Waals surface area contributed by atoms with Crippen LogP contribution in [-0.2, 0) is 5.88 Å². The molecular weight excluding hydrogens is 330 g/mol. The van der Waals surface area contributed by atoms with Crippen LogP contribution in [0, 0.1) is 0 Å². The maximum Gasteiger partial charge on any atom is 0.231 e. The normalized spacial score (nSPS) is 12.4. The number of alkyl halides is 1. The van der Waals surface area contributed by atoms with Crippen molar-refractivity contribution in [2.45, 2.75) is 5.88 Å². The number of fused-ring (bicyclic) bond motifs is 1. The Kier molecular flexibility index (Phi) is 3.74. The van der Waals surface area contributed by atoms with E-state index in [1.165, 1.54) is 0 Å². The van der Waals surface area contributed by atoms with Crippen molar-refractivity contribution < 1.29 is 14.2 Å². The van der Waals surface area contributed by atoms with E-state index in [0.717, 1.165) is 28.4 Å². The Labute approximate surface area is 143 Å². The first kappa shape index (κ1) is 14.8. The maximum atomic E-state index is 6.06. The Bertz CT molecular complexity index is 895. The lowest BCUT2D eigenvalue weighted by molar-refractivity contribution is 0.174. The van der Waals surface area contributed by atoms with Crippen LogP contribution in [0.15, 0.2) is 42.5 Å². The van der Waals surface area contributed by atoms with Gasteiger partial charge in [-0.3, -0.25) is 0 Å². The van der Waals surface area contributed by atoms with Crippen molar-refractivity contribution in [1.82, 2.24) is 15.0 Å². The van der Waals surface area contributed by atoms with Gasteiger partial charge in [0, 0.05) is 11.6 Å². The highest BCUT2D eigenvalue weighted by Crippen LogP contribution is 2.35. The van der Waals surface area contributed by atoms with E-state index in [9.17, 15) is 0 Å². The number of halogens is 1. The van der Waals surface area contributed by atoms with Crippen molar-refractivity contribution in [2.75, 3.05) is 13.9 Å². The molecule has 3 aromatic rings. The van der Waals surface area contributed by atoms with Gasteiger partial charge in [0.05, 0.1) is 24.4 Å². The topological polar surface area (TPSA) is 58.4 Å². The van der Waals surface area contributed by atoms with E-state index >= 15 is 0 Å². The summed E-state index contributed by atoms with van der Waals surface area (Å²) >= 11 is 6.06. The van der Waals surface area contributed by atoms with Crippen LogP contribution in [0.1, 0.15) is 5.69 Å². The lowest BCUT2D eigenvalue weighted by Crippen LogP contribution is -2.00. The molecule has 0 spiro atoms. The first-order valence-electron chi connectivity index (χ1n) is 7.35. The second-order valence-electron chi connectivity index (χ2n) is 5.20. The maximum absolute atomic E-state index is 6.06. The van der Waals surface area contributed by atoms with Crippen molar-refractivity contribution in [3.05, 3.63) is 48.2 Å². The van der Waals surface area contributed by atoms with Crippen molar-refractivity contribution in [1.29, 1.82) is 0 Å². The van der Waals surface area contributed by atoms with Crippen molar-refractivity contribution in [3.63, 3.8) is 0 Å². The standard InChI is InChI=1S/C17H14ClN3O3/c1-22-13-4-2-3-11(7-13)17-14(9-18)19-20-21(17)12-5-6-15-16(8-12)24-10-23-15/h2-8H,9-10H2,1H3. The molecule has 1 aromatic heterocycles. The Morgan fingerprint density at radius 1 is 1.17 bits per heavy atom. The average molecular weight is 344 g/mol. The Hall–Kier alpha value is -2.73. The molecule has 7 heteroatoms. The van der Waals surface area contributed by atoms with Gasteiger partial charge >= 0.3 is 0 Å². The van der Waals surface area contributed by atoms with Crippen LogP contribution in [0.2, 0.25) is 0 Å². The van der Waals surface area contributed by atoms with Crippen LogP contribution in [-0.4, -0.2) is 28.9 Å². The molecule has 2 heterocycles. The summed E-state index contributed by atoms with van der Waals surface area (Å²) in [5.74, 6) is 2.43. The molecule has 0 saturated carbocycles. The zero-order valence-corrected chi connectivity index (χ0v) is 13.7. The molecule has 6 nitrogen and oxygen atoms in total. The number of methoxy groups -OCH3 is 1. The molecule has 1 aliphatic rings. The smallest absolute Gasteiger partial charge is 0.231 e. The van der Waals surface area contributed by atoms with Crippen LogP contribution < -0.4 is 14.2 Å².